The van der Waals surface area contributed by atoms with E-state index in [0.29, 0.717) is 11.5 Å². The molecule has 2 aromatic rings. The zero-order valence-electron chi connectivity index (χ0n) is 11.7. The molecule has 0 unspecified atom stereocenters. The summed E-state index contributed by atoms with van der Waals surface area (Å²) in [5.41, 5.74) is 5.69. The highest BCUT2D eigenvalue weighted by Crippen LogP contribution is 2.21. The van der Waals surface area contributed by atoms with E-state index < -0.39 is 5.91 Å². The van der Waals surface area contributed by atoms with Gasteiger partial charge in [-0.2, -0.15) is 5.10 Å². The monoisotopic (exact) mass is 286 g/mol. The second-order valence-electron chi connectivity index (χ2n) is 5.29. The van der Waals surface area contributed by atoms with Gasteiger partial charge in [0.15, 0.2) is 0 Å². The fourth-order valence-corrected chi connectivity index (χ4v) is 2.63. The molecule has 3 rings (SSSR count). The fourth-order valence-electron chi connectivity index (χ4n) is 2.63. The fraction of sp³-hybridized carbons (Fsp3) is 0.429. The SMILES string of the molecule is NC(=O)c1cnn(CC2CCN(c3ncccn3)CC2)c1. The van der Waals surface area contributed by atoms with E-state index in [2.05, 4.69) is 20.0 Å². The number of hydrogen-bond acceptors (Lipinski definition) is 5. The molecule has 1 aliphatic rings. The Morgan fingerprint density at radius 2 is 2.00 bits per heavy atom. The summed E-state index contributed by atoms with van der Waals surface area (Å²) in [4.78, 5) is 21.8. The molecule has 7 nitrogen and oxygen atoms in total. The predicted molar refractivity (Wildman–Crippen MR) is 77.7 cm³/mol. The van der Waals surface area contributed by atoms with Crippen LogP contribution >= 0.6 is 0 Å². The van der Waals surface area contributed by atoms with E-state index in [4.69, 9.17) is 5.73 Å². The Morgan fingerprint density at radius 3 is 2.62 bits per heavy atom. The zero-order chi connectivity index (χ0) is 14.7. The van der Waals surface area contributed by atoms with Crippen LogP contribution in [-0.4, -0.2) is 38.7 Å². The smallest absolute Gasteiger partial charge is 0.251 e. The zero-order valence-corrected chi connectivity index (χ0v) is 11.7. The third kappa shape index (κ3) is 3.18. The van der Waals surface area contributed by atoms with E-state index in [-0.39, 0.29) is 0 Å². The van der Waals surface area contributed by atoms with Crippen LogP contribution in [0.15, 0.2) is 30.9 Å². The quantitative estimate of drug-likeness (QED) is 0.893. The molecule has 110 valence electrons. The Hall–Kier alpha value is -2.44. The molecular weight excluding hydrogens is 268 g/mol. The molecule has 1 aliphatic heterocycles. The topological polar surface area (TPSA) is 89.9 Å². The molecule has 2 N–H and O–H groups in total. The number of nitrogens with two attached hydrogens (primary N) is 1. The van der Waals surface area contributed by atoms with E-state index in [1.807, 2.05) is 6.07 Å². The molecule has 0 aliphatic carbocycles. The lowest BCUT2D eigenvalue weighted by atomic mass is 9.97. The first-order valence-electron chi connectivity index (χ1n) is 7.06. The molecule has 0 aromatic carbocycles. The van der Waals surface area contributed by atoms with Gasteiger partial charge in [-0.3, -0.25) is 9.48 Å². The molecule has 1 fully saturated rings. The molecular formula is C14H18N6O. The Labute approximate surface area is 122 Å². The van der Waals surface area contributed by atoms with Crippen molar-refractivity contribution in [1.29, 1.82) is 0 Å². The standard InChI is InChI=1S/C14H18N6O/c15-13(21)12-8-18-20(10-12)9-11-2-6-19(7-3-11)14-16-4-1-5-17-14/h1,4-5,8,10-11H,2-3,6-7,9H2,(H2,15,21). The lowest BCUT2D eigenvalue weighted by Gasteiger charge is -2.31. The Balaban J connectivity index is 1.55. The van der Waals surface area contributed by atoms with Gasteiger partial charge in [0.05, 0.1) is 11.8 Å². The molecule has 0 radical (unpaired) electrons. The van der Waals surface area contributed by atoms with E-state index in [9.17, 15) is 4.79 Å². The second-order valence-corrected chi connectivity index (χ2v) is 5.29. The molecule has 1 amide bonds. The summed E-state index contributed by atoms with van der Waals surface area (Å²) in [6.45, 7) is 2.70. The first-order valence-corrected chi connectivity index (χ1v) is 7.06. The maximum Gasteiger partial charge on any atom is 0.251 e. The third-order valence-corrected chi connectivity index (χ3v) is 3.81. The van der Waals surface area contributed by atoms with Crippen LogP contribution in [0.2, 0.25) is 0 Å². The van der Waals surface area contributed by atoms with Gasteiger partial charge in [0.1, 0.15) is 0 Å². The van der Waals surface area contributed by atoms with Crippen LogP contribution in [0.4, 0.5) is 5.95 Å². The van der Waals surface area contributed by atoms with Crippen molar-refractivity contribution in [2.45, 2.75) is 19.4 Å². The van der Waals surface area contributed by atoms with Gasteiger partial charge < -0.3 is 10.6 Å². The summed E-state index contributed by atoms with van der Waals surface area (Å²) in [6.07, 6.45) is 8.89. The van der Waals surface area contributed by atoms with Gasteiger partial charge >= 0.3 is 0 Å². The first-order chi connectivity index (χ1) is 10.2. The van der Waals surface area contributed by atoms with Crippen LogP contribution in [0, 0.1) is 5.92 Å². The lowest BCUT2D eigenvalue weighted by Crippen LogP contribution is -2.36. The Kier molecular flexibility index (Phi) is 3.81. The van der Waals surface area contributed by atoms with Crippen LogP contribution in [0.3, 0.4) is 0 Å². The van der Waals surface area contributed by atoms with E-state index >= 15 is 0 Å². The van der Waals surface area contributed by atoms with Crippen molar-refractivity contribution >= 4 is 11.9 Å². The second kappa shape index (κ2) is 5.90. The van der Waals surface area contributed by atoms with Crippen LogP contribution in [0.25, 0.3) is 0 Å². The maximum atomic E-state index is 11.1. The van der Waals surface area contributed by atoms with Crippen molar-refractivity contribution in [2.75, 3.05) is 18.0 Å². The number of piperidine rings is 1. The first kappa shape index (κ1) is 13.5. The number of rotatable bonds is 4. The molecule has 0 atom stereocenters. The molecule has 7 heteroatoms. The molecule has 3 heterocycles. The van der Waals surface area contributed by atoms with Crippen molar-refractivity contribution < 1.29 is 4.79 Å². The highest BCUT2D eigenvalue weighted by Gasteiger charge is 2.21. The molecule has 2 aromatic heterocycles. The summed E-state index contributed by atoms with van der Waals surface area (Å²) in [6, 6.07) is 1.82. The normalized spacial score (nSPS) is 16.1. The number of carbonyl (C=O) groups excluding carboxylic acids is 1. The minimum Gasteiger partial charge on any atom is -0.366 e. The van der Waals surface area contributed by atoms with Crippen molar-refractivity contribution in [2.24, 2.45) is 11.7 Å². The average molecular weight is 286 g/mol. The molecule has 0 bridgehead atoms. The van der Waals surface area contributed by atoms with Gasteiger partial charge in [-0.25, -0.2) is 9.97 Å². The lowest BCUT2D eigenvalue weighted by molar-refractivity contribution is 0.1000. The van der Waals surface area contributed by atoms with Crippen molar-refractivity contribution in [3.63, 3.8) is 0 Å². The number of amides is 1. The summed E-state index contributed by atoms with van der Waals surface area (Å²) < 4.78 is 1.80. The van der Waals surface area contributed by atoms with Crippen LogP contribution in [0.5, 0.6) is 0 Å². The van der Waals surface area contributed by atoms with Crippen molar-refractivity contribution in [1.82, 2.24) is 19.7 Å². The van der Waals surface area contributed by atoms with E-state index in [1.165, 1.54) is 6.20 Å². The highest BCUT2D eigenvalue weighted by atomic mass is 16.1. The number of hydrogen-bond donors (Lipinski definition) is 1. The van der Waals surface area contributed by atoms with Crippen molar-refractivity contribution in [3.05, 3.63) is 36.4 Å². The van der Waals surface area contributed by atoms with E-state index in [0.717, 1.165) is 38.4 Å². The number of aromatic nitrogens is 4. The summed E-state index contributed by atoms with van der Waals surface area (Å²) in [5, 5.41) is 4.19. The summed E-state index contributed by atoms with van der Waals surface area (Å²) in [7, 11) is 0. The summed E-state index contributed by atoms with van der Waals surface area (Å²) >= 11 is 0. The average Bonchev–Trinajstić information content (AvgIpc) is 2.98. The van der Waals surface area contributed by atoms with Gasteiger partial charge in [-0.05, 0) is 24.8 Å². The van der Waals surface area contributed by atoms with Gasteiger partial charge in [-0.15, -0.1) is 0 Å². The summed E-state index contributed by atoms with van der Waals surface area (Å²) in [5.74, 6) is 0.911. The van der Waals surface area contributed by atoms with Crippen LogP contribution in [-0.2, 0) is 6.54 Å². The number of nitrogens with zero attached hydrogens (tertiary/aromatic N) is 5. The minimum absolute atomic E-state index is 0.433. The number of carbonyl (C=O) groups is 1. The van der Waals surface area contributed by atoms with Crippen molar-refractivity contribution in [3.8, 4) is 0 Å². The molecule has 1 saturated heterocycles. The van der Waals surface area contributed by atoms with Crippen LogP contribution < -0.4 is 10.6 Å². The molecule has 21 heavy (non-hydrogen) atoms. The van der Waals surface area contributed by atoms with Crippen LogP contribution in [0.1, 0.15) is 23.2 Å². The highest BCUT2D eigenvalue weighted by molar-refractivity contribution is 5.92. The maximum absolute atomic E-state index is 11.1. The number of anilines is 1. The third-order valence-electron chi connectivity index (χ3n) is 3.81. The van der Waals surface area contributed by atoms with Gasteiger partial charge in [0, 0.05) is 38.2 Å². The predicted octanol–water partition coefficient (Wildman–Crippen LogP) is 0.689. The van der Waals surface area contributed by atoms with Gasteiger partial charge in [0.25, 0.3) is 5.91 Å². The molecule has 0 saturated carbocycles. The Morgan fingerprint density at radius 1 is 1.29 bits per heavy atom. The minimum atomic E-state index is -0.433. The Bertz CT molecular complexity index is 603. The molecule has 0 spiro atoms. The van der Waals surface area contributed by atoms with Gasteiger partial charge in [0.2, 0.25) is 5.95 Å². The van der Waals surface area contributed by atoms with E-state index in [1.54, 1.807) is 23.3 Å². The number of primary amides is 1. The largest absolute Gasteiger partial charge is 0.366 e. The van der Waals surface area contributed by atoms with Gasteiger partial charge in [-0.1, -0.05) is 0 Å².